The van der Waals surface area contributed by atoms with Crippen molar-refractivity contribution >= 4 is 38.6 Å². The van der Waals surface area contributed by atoms with Gasteiger partial charge in [-0.3, -0.25) is 14.7 Å². The van der Waals surface area contributed by atoms with E-state index in [4.69, 9.17) is 0 Å². The van der Waals surface area contributed by atoms with E-state index < -0.39 is 23.5 Å². The summed E-state index contributed by atoms with van der Waals surface area (Å²) in [7, 11) is 1.27. The van der Waals surface area contributed by atoms with E-state index in [1.807, 2.05) is 0 Å². The molecular weight excluding hydrogens is 424 g/mol. The molecule has 4 rings (SSSR count). The zero-order valence-electron chi connectivity index (χ0n) is 16.2. The number of ether oxygens (including phenoxy) is 1. The molecule has 6 nitrogen and oxygen atoms in total. The molecule has 4 aromatic rings. The molecule has 0 spiro atoms. The van der Waals surface area contributed by atoms with Crippen molar-refractivity contribution < 1.29 is 23.1 Å². The van der Waals surface area contributed by atoms with Gasteiger partial charge in [0.2, 0.25) is 0 Å². The van der Waals surface area contributed by atoms with Gasteiger partial charge in [0, 0.05) is 24.0 Å². The quantitative estimate of drug-likeness (QED) is 0.425. The normalized spacial score (nSPS) is 10.8. The number of hydrogen-bond acceptors (Lipinski definition) is 6. The fourth-order valence-electron chi connectivity index (χ4n) is 2.98. The van der Waals surface area contributed by atoms with Gasteiger partial charge in [-0.1, -0.05) is 17.4 Å². The third-order valence-corrected chi connectivity index (χ3v) is 5.52. The standard InChI is InChI=1S/C22H15F2N3O3S/c1-30-21(29)15-6-4-14(5-7-15)20(28)27(12-13-3-2-8-25-11-13)22-26-19-17(24)9-16(23)10-18(19)31-22/h2-11H,12H2,1H3. The first-order valence-electron chi connectivity index (χ1n) is 9.11. The molecule has 0 saturated carbocycles. The summed E-state index contributed by atoms with van der Waals surface area (Å²) >= 11 is 1.01. The van der Waals surface area contributed by atoms with Crippen LogP contribution < -0.4 is 4.90 Å². The first-order chi connectivity index (χ1) is 15.0. The van der Waals surface area contributed by atoms with Crippen LogP contribution in [0, 0.1) is 11.6 Å². The Morgan fingerprint density at radius 2 is 1.84 bits per heavy atom. The van der Waals surface area contributed by atoms with E-state index in [-0.39, 0.29) is 21.9 Å². The lowest BCUT2D eigenvalue weighted by molar-refractivity contribution is 0.0600. The van der Waals surface area contributed by atoms with Crippen LogP contribution in [0.5, 0.6) is 0 Å². The van der Waals surface area contributed by atoms with E-state index in [9.17, 15) is 18.4 Å². The van der Waals surface area contributed by atoms with Crippen molar-refractivity contribution in [3.63, 3.8) is 0 Å². The number of methoxy groups -OCH3 is 1. The van der Waals surface area contributed by atoms with Crippen LogP contribution in [0.15, 0.2) is 60.9 Å². The Morgan fingerprint density at radius 1 is 1.10 bits per heavy atom. The highest BCUT2D eigenvalue weighted by Gasteiger charge is 2.23. The van der Waals surface area contributed by atoms with Gasteiger partial charge in [-0.25, -0.2) is 18.6 Å². The number of amides is 1. The number of carbonyl (C=O) groups excluding carboxylic acids is 2. The van der Waals surface area contributed by atoms with Gasteiger partial charge in [0.25, 0.3) is 5.91 Å². The lowest BCUT2D eigenvalue weighted by Gasteiger charge is -2.20. The van der Waals surface area contributed by atoms with Gasteiger partial charge in [0.15, 0.2) is 10.9 Å². The van der Waals surface area contributed by atoms with Crippen LogP contribution >= 0.6 is 11.3 Å². The Kier molecular flexibility index (Phi) is 5.68. The van der Waals surface area contributed by atoms with Gasteiger partial charge in [-0.15, -0.1) is 0 Å². The van der Waals surface area contributed by atoms with Crippen LogP contribution in [0.4, 0.5) is 13.9 Å². The molecule has 0 atom stereocenters. The molecule has 0 aliphatic carbocycles. The Labute approximate surface area is 179 Å². The summed E-state index contributed by atoms with van der Waals surface area (Å²) in [6, 6.07) is 11.4. The van der Waals surface area contributed by atoms with Crippen molar-refractivity contribution in [2.24, 2.45) is 0 Å². The average molecular weight is 439 g/mol. The highest BCUT2D eigenvalue weighted by atomic mass is 32.1. The number of benzene rings is 2. The van der Waals surface area contributed by atoms with Crippen molar-refractivity contribution in [1.29, 1.82) is 0 Å². The predicted molar refractivity (Wildman–Crippen MR) is 112 cm³/mol. The van der Waals surface area contributed by atoms with E-state index in [1.54, 1.807) is 24.5 Å². The molecule has 2 aromatic carbocycles. The lowest BCUT2D eigenvalue weighted by atomic mass is 10.1. The van der Waals surface area contributed by atoms with Crippen molar-refractivity contribution in [2.75, 3.05) is 12.0 Å². The van der Waals surface area contributed by atoms with Crippen LogP contribution in [0.2, 0.25) is 0 Å². The minimum Gasteiger partial charge on any atom is -0.465 e. The fourth-order valence-corrected chi connectivity index (χ4v) is 3.99. The van der Waals surface area contributed by atoms with E-state index in [2.05, 4.69) is 14.7 Å². The minimum absolute atomic E-state index is 0.00794. The Hall–Kier alpha value is -3.72. The molecular formula is C22H15F2N3O3S. The summed E-state index contributed by atoms with van der Waals surface area (Å²) in [6.07, 6.45) is 3.21. The molecule has 0 aliphatic rings. The van der Waals surface area contributed by atoms with Crippen LogP contribution in [-0.4, -0.2) is 29.0 Å². The van der Waals surface area contributed by atoms with Crippen molar-refractivity contribution in [1.82, 2.24) is 9.97 Å². The monoisotopic (exact) mass is 439 g/mol. The number of thiazole rings is 1. The smallest absolute Gasteiger partial charge is 0.337 e. The first-order valence-corrected chi connectivity index (χ1v) is 9.92. The third-order valence-electron chi connectivity index (χ3n) is 4.49. The summed E-state index contributed by atoms with van der Waals surface area (Å²) in [5.41, 5.74) is 1.32. The highest BCUT2D eigenvalue weighted by Crippen LogP contribution is 2.32. The maximum atomic E-state index is 14.2. The molecule has 0 unspecified atom stereocenters. The van der Waals surface area contributed by atoms with Crippen LogP contribution in [0.25, 0.3) is 10.2 Å². The SMILES string of the molecule is COC(=O)c1ccc(C(=O)N(Cc2cccnc2)c2nc3c(F)cc(F)cc3s2)cc1. The number of hydrogen-bond donors (Lipinski definition) is 0. The molecule has 0 radical (unpaired) electrons. The second kappa shape index (κ2) is 8.57. The highest BCUT2D eigenvalue weighted by molar-refractivity contribution is 7.22. The summed E-state index contributed by atoms with van der Waals surface area (Å²) in [5, 5.41) is 0.213. The van der Waals surface area contributed by atoms with Crippen molar-refractivity contribution in [3.05, 3.63) is 89.2 Å². The zero-order valence-corrected chi connectivity index (χ0v) is 17.0. The van der Waals surface area contributed by atoms with Gasteiger partial charge < -0.3 is 4.74 Å². The minimum atomic E-state index is -0.797. The number of aromatic nitrogens is 2. The van der Waals surface area contributed by atoms with Crippen LogP contribution in [0.1, 0.15) is 26.3 Å². The molecule has 0 bridgehead atoms. The van der Waals surface area contributed by atoms with Gasteiger partial charge >= 0.3 is 5.97 Å². The molecule has 2 aromatic heterocycles. The average Bonchev–Trinajstić information content (AvgIpc) is 3.21. The van der Waals surface area contributed by atoms with E-state index in [0.717, 1.165) is 23.0 Å². The van der Waals surface area contributed by atoms with Gasteiger partial charge in [-0.05, 0) is 42.0 Å². The number of esters is 1. The number of halogens is 2. The van der Waals surface area contributed by atoms with E-state index in [1.165, 1.54) is 42.3 Å². The summed E-state index contributed by atoms with van der Waals surface area (Å²) < 4.78 is 32.8. The predicted octanol–water partition coefficient (Wildman–Crippen LogP) is 4.60. The second-order valence-corrected chi connectivity index (χ2v) is 7.56. The van der Waals surface area contributed by atoms with Gasteiger partial charge in [0.05, 0.1) is 23.9 Å². The second-order valence-electron chi connectivity index (χ2n) is 6.55. The summed E-state index contributed by atoms with van der Waals surface area (Å²) in [6.45, 7) is 0.120. The molecule has 31 heavy (non-hydrogen) atoms. The molecule has 0 N–H and O–H groups in total. The molecule has 9 heteroatoms. The zero-order chi connectivity index (χ0) is 22.0. The Morgan fingerprint density at radius 3 is 2.52 bits per heavy atom. The fraction of sp³-hybridized carbons (Fsp3) is 0.0909. The Bertz CT molecular complexity index is 1260. The maximum Gasteiger partial charge on any atom is 0.337 e. The largest absolute Gasteiger partial charge is 0.465 e. The summed E-state index contributed by atoms with van der Waals surface area (Å²) in [5.74, 6) is -2.45. The van der Waals surface area contributed by atoms with Crippen LogP contribution in [-0.2, 0) is 11.3 Å². The molecule has 0 saturated heterocycles. The van der Waals surface area contributed by atoms with Crippen molar-refractivity contribution in [2.45, 2.75) is 6.54 Å². The number of carbonyl (C=O) groups is 2. The van der Waals surface area contributed by atoms with Crippen LogP contribution in [0.3, 0.4) is 0 Å². The molecule has 0 fully saturated rings. The van der Waals surface area contributed by atoms with E-state index >= 15 is 0 Å². The lowest BCUT2D eigenvalue weighted by Crippen LogP contribution is -2.30. The molecule has 0 aliphatic heterocycles. The number of nitrogens with zero attached hydrogens (tertiary/aromatic N) is 3. The number of rotatable bonds is 5. The number of fused-ring (bicyclic) bond motifs is 1. The van der Waals surface area contributed by atoms with Gasteiger partial charge in [-0.2, -0.15) is 0 Å². The Balaban J connectivity index is 1.75. The molecule has 156 valence electrons. The maximum absolute atomic E-state index is 14.2. The van der Waals surface area contributed by atoms with Gasteiger partial charge in [0.1, 0.15) is 11.3 Å². The third kappa shape index (κ3) is 4.26. The topological polar surface area (TPSA) is 72.4 Å². The number of anilines is 1. The first kappa shape index (κ1) is 20.5. The van der Waals surface area contributed by atoms with Crippen molar-refractivity contribution in [3.8, 4) is 0 Å². The summed E-state index contributed by atoms with van der Waals surface area (Å²) in [4.78, 5) is 34.6. The van der Waals surface area contributed by atoms with E-state index in [0.29, 0.717) is 11.1 Å². The number of pyridine rings is 1. The molecule has 2 heterocycles. The molecule has 1 amide bonds.